The maximum Gasteiger partial charge on any atom is 0.224 e. The Bertz CT molecular complexity index is 455. The third-order valence-electron chi connectivity index (χ3n) is 3.64. The van der Waals surface area contributed by atoms with Crippen LogP contribution in [0.4, 0.5) is 4.39 Å². The Morgan fingerprint density at radius 3 is 2.78 bits per heavy atom. The van der Waals surface area contributed by atoms with E-state index in [0.717, 1.165) is 18.4 Å². The standard InChI is InChI=1S/C14H19FN2O/c1-10-6-11(2-3-12(10)15)7-13(18)17-9-14(8-16)4-5-14/h2-3,6H,4-5,7-9,16H2,1H3,(H,17,18). The maximum absolute atomic E-state index is 13.1. The molecule has 18 heavy (non-hydrogen) atoms. The Kier molecular flexibility index (Phi) is 3.66. The fourth-order valence-corrected chi connectivity index (χ4v) is 1.98. The average molecular weight is 250 g/mol. The number of halogens is 1. The van der Waals surface area contributed by atoms with E-state index in [4.69, 9.17) is 5.73 Å². The molecule has 0 spiro atoms. The van der Waals surface area contributed by atoms with Gasteiger partial charge in [0.25, 0.3) is 0 Å². The molecule has 1 aliphatic rings. The summed E-state index contributed by atoms with van der Waals surface area (Å²) in [5.41, 5.74) is 7.21. The fourth-order valence-electron chi connectivity index (χ4n) is 1.98. The molecule has 0 heterocycles. The van der Waals surface area contributed by atoms with Gasteiger partial charge in [-0.25, -0.2) is 4.39 Å². The molecule has 1 aliphatic carbocycles. The Hall–Kier alpha value is -1.42. The third kappa shape index (κ3) is 3.07. The lowest BCUT2D eigenvalue weighted by molar-refractivity contribution is -0.120. The van der Waals surface area contributed by atoms with Crippen molar-refractivity contribution < 1.29 is 9.18 Å². The molecule has 0 saturated heterocycles. The smallest absolute Gasteiger partial charge is 0.224 e. The summed E-state index contributed by atoms with van der Waals surface area (Å²) in [6.07, 6.45) is 2.49. The van der Waals surface area contributed by atoms with Crippen LogP contribution >= 0.6 is 0 Å². The molecule has 0 aromatic heterocycles. The topological polar surface area (TPSA) is 55.1 Å². The fraction of sp³-hybridized carbons (Fsp3) is 0.500. The van der Waals surface area contributed by atoms with Crippen LogP contribution < -0.4 is 11.1 Å². The normalized spacial score (nSPS) is 16.4. The molecule has 4 heteroatoms. The molecule has 1 amide bonds. The molecule has 98 valence electrons. The lowest BCUT2D eigenvalue weighted by Crippen LogP contribution is -2.34. The zero-order chi connectivity index (χ0) is 13.2. The van der Waals surface area contributed by atoms with Crippen molar-refractivity contribution in [3.8, 4) is 0 Å². The number of benzene rings is 1. The van der Waals surface area contributed by atoms with Crippen molar-refractivity contribution in [2.75, 3.05) is 13.1 Å². The molecule has 0 radical (unpaired) electrons. The van der Waals surface area contributed by atoms with E-state index >= 15 is 0 Å². The van der Waals surface area contributed by atoms with Gasteiger partial charge < -0.3 is 11.1 Å². The number of nitrogens with one attached hydrogen (secondary N) is 1. The SMILES string of the molecule is Cc1cc(CC(=O)NCC2(CN)CC2)ccc1F. The second-order valence-electron chi connectivity index (χ2n) is 5.24. The molecule has 0 atom stereocenters. The van der Waals surface area contributed by atoms with Gasteiger partial charge in [-0.3, -0.25) is 4.79 Å². The number of aryl methyl sites for hydroxylation is 1. The number of hydrogen-bond acceptors (Lipinski definition) is 2. The number of amides is 1. The van der Waals surface area contributed by atoms with Crippen molar-refractivity contribution in [3.05, 3.63) is 35.1 Å². The molecule has 3 nitrogen and oxygen atoms in total. The van der Waals surface area contributed by atoms with Gasteiger partial charge in [-0.05, 0) is 48.9 Å². The molecule has 3 N–H and O–H groups in total. The van der Waals surface area contributed by atoms with Crippen molar-refractivity contribution in [1.29, 1.82) is 0 Å². The summed E-state index contributed by atoms with van der Waals surface area (Å²) in [6.45, 7) is 2.98. The molecule has 0 bridgehead atoms. The van der Waals surface area contributed by atoms with Gasteiger partial charge in [0.1, 0.15) is 5.82 Å². The maximum atomic E-state index is 13.1. The first-order valence-electron chi connectivity index (χ1n) is 6.26. The van der Waals surface area contributed by atoms with Crippen LogP contribution in [-0.2, 0) is 11.2 Å². The predicted molar refractivity (Wildman–Crippen MR) is 68.6 cm³/mol. The van der Waals surface area contributed by atoms with Crippen molar-refractivity contribution >= 4 is 5.91 Å². The van der Waals surface area contributed by atoms with Crippen LogP contribution in [0.3, 0.4) is 0 Å². The van der Waals surface area contributed by atoms with Gasteiger partial charge in [0.15, 0.2) is 0 Å². The predicted octanol–water partition coefficient (Wildman–Crippen LogP) is 1.53. The summed E-state index contributed by atoms with van der Waals surface area (Å²) < 4.78 is 13.1. The Labute approximate surface area is 107 Å². The zero-order valence-electron chi connectivity index (χ0n) is 10.6. The van der Waals surface area contributed by atoms with Crippen LogP contribution in [0.5, 0.6) is 0 Å². The van der Waals surface area contributed by atoms with Crippen LogP contribution in [0.1, 0.15) is 24.0 Å². The molecule has 1 aromatic rings. The highest BCUT2D eigenvalue weighted by Gasteiger charge is 2.41. The molecule has 1 fully saturated rings. The van der Waals surface area contributed by atoms with Gasteiger partial charge in [-0.2, -0.15) is 0 Å². The van der Waals surface area contributed by atoms with E-state index in [0.29, 0.717) is 25.1 Å². The second kappa shape index (κ2) is 5.06. The lowest BCUT2D eigenvalue weighted by Gasteiger charge is -2.13. The lowest BCUT2D eigenvalue weighted by atomic mass is 10.1. The van der Waals surface area contributed by atoms with Gasteiger partial charge in [0, 0.05) is 6.54 Å². The molecule has 0 aliphatic heterocycles. The molecule has 0 unspecified atom stereocenters. The number of hydrogen-bond donors (Lipinski definition) is 2. The Morgan fingerprint density at radius 2 is 2.22 bits per heavy atom. The number of carbonyl (C=O) groups is 1. The van der Waals surface area contributed by atoms with Crippen LogP contribution in [0.25, 0.3) is 0 Å². The quantitative estimate of drug-likeness (QED) is 0.832. The minimum absolute atomic E-state index is 0.0271. The van der Waals surface area contributed by atoms with Crippen LogP contribution in [0, 0.1) is 18.2 Å². The molecular weight excluding hydrogens is 231 g/mol. The summed E-state index contributed by atoms with van der Waals surface area (Å²) >= 11 is 0. The highest BCUT2D eigenvalue weighted by atomic mass is 19.1. The van der Waals surface area contributed by atoms with E-state index in [1.807, 2.05) is 0 Å². The Morgan fingerprint density at radius 1 is 1.50 bits per heavy atom. The molecule has 1 saturated carbocycles. The summed E-state index contributed by atoms with van der Waals surface area (Å²) in [5, 5.41) is 2.91. The van der Waals surface area contributed by atoms with Crippen LogP contribution in [0.2, 0.25) is 0 Å². The van der Waals surface area contributed by atoms with Crippen LogP contribution in [-0.4, -0.2) is 19.0 Å². The minimum Gasteiger partial charge on any atom is -0.355 e. The van der Waals surface area contributed by atoms with E-state index in [1.165, 1.54) is 6.07 Å². The summed E-state index contributed by atoms with van der Waals surface area (Å²) in [7, 11) is 0. The van der Waals surface area contributed by atoms with E-state index in [9.17, 15) is 9.18 Å². The second-order valence-corrected chi connectivity index (χ2v) is 5.24. The average Bonchev–Trinajstić information content (AvgIpc) is 3.12. The third-order valence-corrected chi connectivity index (χ3v) is 3.64. The summed E-state index contributed by atoms with van der Waals surface area (Å²) in [4.78, 5) is 11.8. The van der Waals surface area contributed by atoms with Gasteiger partial charge in [0.05, 0.1) is 6.42 Å². The van der Waals surface area contributed by atoms with E-state index in [1.54, 1.807) is 19.1 Å². The molecular formula is C14H19FN2O. The van der Waals surface area contributed by atoms with Gasteiger partial charge in [0.2, 0.25) is 5.91 Å². The van der Waals surface area contributed by atoms with Crippen molar-refractivity contribution in [3.63, 3.8) is 0 Å². The molecule has 1 aromatic carbocycles. The van der Waals surface area contributed by atoms with E-state index in [2.05, 4.69) is 5.32 Å². The number of rotatable bonds is 5. The summed E-state index contributed by atoms with van der Waals surface area (Å²) in [6, 6.07) is 4.77. The van der Waals surface area contributed by atoms with Crippen molar-refractivity contribution in [1.82, 2.24) is 5.32 Å². The largest absolute Gasteiger partial charge is 0.355 e. The first kappa shape index (κ1) is 13.0. The van der Waals surface area contributed by atoms with Crippen molar-refractivity contribution in [2.45, 2.75) is 26.2 Å². The highest BCUT2D eigenvalue weighted by Crippen LogP contribution is 2.43. The first-order chi connectivity index (χ1) is 8.54. The molecule has 2 rings (SSSR count). The van der Waals surface area contributed by atoms with Crippen molar-refractivity contribution in [2.24, 2.45) is 11.1 Å². The minimum atomic E-state index is -0.237. The summed E-state index contributed by atoms with van der Waals surface area (Å²) in [5.74, 6) is -0.264. The zero-order valence-corrected chi connectivity index (χ0v) is 10.6. The number of nitrogens with two attached hydrogens (primary N) is 1. The highest BCUT2D eigenvalue weighted by molar-refractivity contribution is 5.78. The van der Waals surface area contributed by atoms with E-state index in [-0.39, 0.29) is 17.1 Å². The van der Waals surface area contributed by atoms with Gasteiger partial charge in [-0.15, -0.1) is 0 Å². The monoisotopic (exact) mass is 250 g/mol. The van der Waals surface area contributed by atoms with E-state index < -0.39 is 0 Å². The van der Waals surface area contributed by atoms with Crippen LogP contribution in [0.15, 0.2) is 18.2 Å². The number of carbonyl (C=O) groups excluding carboxylic acids is 1. The van der Waals surface area contributed by atoms with Gasteiger partial charge >= 0.3 is 0 Å². The van der Waals surface area contributed by atoms with Gasteiger partial charge in [-0.1, -0.05) is 12.1 Å². The first-order valence-corrected chi connectivity index (χ1v) is 6.26. The Balaban J connectivity index is 1.85.